The van der Waals surface area contributed by atoms with Gasteiger partial charge in [-0.05, 0) is 62.6 Å². The lowest BCUT2D eigenvalue weighted by Gasteiger charge is -2.03. The Morgan fingerprint density at radius 1 is 0.800 bits per heavy atom. The van der Waals surface area contributed by atoms with Gasteiger partial charge in [0.25, 0.3) is 16.6 Å². The molecule has 1 aliphatic heterocycles. The van der Waals surface area contributed by atoms with Gasteiger partial charge in [0.15, 0.2) is 5.75 Å². The van der Waals surface area contributed by atoms with Crippen molar-refractivity contribution in [2.45, 2.75) is 0 Å². The topological polar surface area (TPSA) is 178 Å². The van der Waals surface area contributed by atoms with Gasteiger partial charge in [0.05, 0.1) is 14.2 Å². The summed E-state index contributed by atoms with van der Waals surface area (Å²) in [5, 5.41) is 9.63. The minimum absolute atomic E-state index is 0.0615. The number of aromatic hydroxyl groups is 1. The molecule has 0 bridgehead atoms. The predicted molar refractivity (Wildman–Crippen MR) is 149 cm³/mol. The highest BCUT2D eigenvalue weighted by Gasteiger charge is 2.21. The summed E-state index contributed by atoms with van der Waals surface area (Å²) in [6, 6.07) is 20.4. The molecular weight excluding hydrogens is 520 g/mol. The van der Waals surface area contributed by atoms with Crippen LogP contribution < -0.4 is 31.7 Å². The lowest BCUT2D eigenvalue weighted by molar-refractivity contribution is -0.335. The van der Waals surface area contributed by atoms with E-state index in [1.54, 1.807) is 60.7 Å². The molecule has 3 aromatic carbocycles. The van der Waals surface area contributed by atoms with Gasteiger partial charge in [0.1, 0.15) is 0 Å². The van der Waals surface area contributed by atoms with Crippen LogP contribution in [0.5, 0.6) is 17.2 Å². The molecule has 0 atom stereocenters. The second-order valence-electron chi connectivity index (χ2n) is 7.43. The van der Waals surface area contributed by atoms with Gasteiger partial charge in [-0.2, -0.15) is 14.8 Å². The van der Waals surface area contributed by atoms with Crippen molar-refractivity contribution >= 4 is 33.3 Å². The molecule has 1 aliphatic carbocycles. The molecule has 0 unspecified atom stereocenters. The summed E-state index contributed by atoms with van der Waals surface area (Å²) in [4.78, 5) is 38.5. The molecule has 2 heterocycles. The largest absolute Gasteiger partial charge is 0.502 e. The van der Waals surface area contributed by atoms with Crippen molar-refractivity contribution < 1.29 is 38.5 Å². The zero-order valence-corrected chi connectivity index (χ0v) is 22.3. The van der Waals surface area contributed by atoms with Crippen molar-refractivity contribution in [3.63, 3.8) is 0 Å². The van der Waals surface area contributed by atoms with E-state index < -0.39 is 0 Å². The highest BCUT2D eigenvalue weighted by molar-refractivity contribution is 5.89. The van der Waals surface area contributed by atoms with Crippen molar-refractivity contribution in [2.24, 2.45) is 11.5 Å². The Bertz CT molecular complexity index is 1660. The number of H-pyrrole nitrogens is 1. The average Bonchev–Trinajstić information content (AvgIpc) is 2.99. The molecule has 0 spiro atoms. The van der Waals surface area contributed by atoms with Crippen molar-refractivity contribution in [1.82, 2.24) is 4.98 Å². The summed E-state index contributed by atoms with van der Waals surface area (Å²) in [6.45, 7) is 0. The molecule has 0 amide bonds. The number of nitrogens with zero attached hydrogens (tertiary/aromatic N) is 1. The minimum Gasteiger partial charge on any atom is -0.502 e. The lowest BCUT2D eigenvalue weighted by Crippen LogP contribution is -2.19. The second kappa shape index (κ2) is 14.3. The fraction of sp³-hybridized carbons (Fsp3) is 0.143. The Balaban J connectivity index is 0.000000200. The Morgan fingerprint density at radius 3 is 1.93 bits per heavy atom. The Morgan fingerprint density at radius 2 is 1.35 bits per heavy atom. The van der Waals surface area contributed by atoms with E-state index in [-0.39, 0.29) is 11.2 Å². The lowest BCUT2D eigenvalue weighted by atomic mass is 10.2. The van der Waals surface area contributed by atoms with Crippen LogP contribution in [0, 0.1) is 0 Å². The molecule has 0 fully saturated rings. The van der Waals surface area contributed by atoms with E-state index in [0.29, 0.717) is 56.3 Å². The van der Waals surface area contributed by atoms with Crippen LogP contribution >= 0.6 is 0 Å². The van der Waals surface area contributed by atoms with Gasteiger partial charge in [0, 0.05) is 12.1 Å². The van der Waals surface area contributed by atoms with Crippen LogP contribution in [0.1, 0.15) is 0 Å². The molecule has 6 N–H and O–H groups in total. The molecule has 12 nitrogen and oxygen atoms in total. The maximum atomic E-state index is 11.6. The molecule has 2 aliphatic rings. The van der Waals surface area contributed by atoms with Gasteiger partial charge < -0.3 is 30.8 Å². The normalized spacial score (nSPS) is 10.2. The number of benzene rings is 4. The third-order valence-corrected chi connectivity index (χ3v) is 5.18. The van der Waals surface area contributed by atoms with Crippen LogP contribution in [0.25, 0.3) is 44.8 Å². The zero-order chi connectivity index (χ0) is 29.1. The Hall–Kier alpha value is -4.88. The Kier molecular flexibility index (Phi) is 10.6. The van der Waals surface area contributed by atoms with Crippen LogP contribution in [-0.4, -0.2) is 38.4 Å². The van der Waals surface area contributed by atoms with Gasteiger partial charge in [0.2, 0.25) is 33.9 Å². The van der Waals surface area contributed by atoms with Gasteiger partial charge >= 0.3 is 11.2 Å². The summed E-state index contributed by atoms with van der Waals surface area (Å²) in [5.74, 6) is 1.46. The average molecular weight is 551 g/mol. The quantitative estimate of drug-likeness (QED) is 0.126. The molecule has 0 saturated heterocycles. The number of rotatable bonds is 4. The molecule has 0 radical (unpaired) electrons. The van der Waals surface area contributed by atoms with E-state index in [4.69, 9.17) is 18.6 Å². The first-order chi connectivity index (χ1) is 19.6. The fourth-order valence-corrected chi connectivity index (χ4v) is 3.63. The number of hydrogen-bond donors (Lipinski definition) is 3. The monoisotopic (exact) mass is 550 g/mol. The van der Waals surface area contributed by atoms with Gasteiger partial charge in [-0.3, -0.25) is 4.79 Å². The second-order valence-corrected chi connectivity index (χ2v) is 7.43. The summed E-state index contributed by atoms with van der Waals surface area (Å²) >= 11 is 0. The zero-order valence-electron chi connectivity index (χ0n) is 22.3. The molecule has 1 aromatic heterocycles. The molecule has 40 heavy (non-hydrogen) atoms. The molecule has 12 heteroatoms. The first-order valence-electron chi connectivity index (χ1n) is 11.9. The van der Waals surface area contributed by atoms with E-state index >= 15 is 0 Å². The number of phenolic OH excluding ortho intramolecular Hbond substituents is 1. The standard InChI is InChI=1S/C14H12NO5.C12H7NO3.2CH5N/c1-16-19-11-7-3-5-9-13(11)15-14-10(18-9)6-4-8-12(14)20-17-2;14-7-3-1-5-9-11(7)13-12-8(15)4-2-6-10(12)16-9;2*1-2/h3-8H,1-2H3;1-6,14H;2*2H2,1H3/q+1;;;/p+1. The number of aromatic nitrogens is 2. The van der Waals surface area contributed by atoms with Crippen LogP contribution in [0.15, 0.2) is 86.4 Å². The number of nitrogens with two attached hydrogens (primary N) is 2. The summed E-state index contributed by atoms with van der Waals surface area (Å²) in [5.41, 5.74) is 12.4. The number of para-hydroxylation sites is 4. The van der Waals surface area contributed by atoms with Gasteiger partial charge in [-0.1, -0.05) is 12.1 Å². The van der Waals surface area contributed by atoms with E-state index in [1.165, 1.54) is 40.4 Å². The third-order valence-electron chi connectivity index (χ3n) is 5.18. The first kappa shape index (κ1) is 29.7. The van der Waals surface area contributed by atoms with Crippen LogP contribution in [0.3, 0.4) is 0 Å². The maximum Gasteiger partial charge on any atom is 0.383 e. The summed E-state index contributed by atoms with van der Waals surface area (Å²) in [6.07, 6.45) is 0. The number of aromatic amines is 1. The third kappa shape index (κ3) is 6.39. The highest BCUT2D eigenvalue weighted by Crippen LogP contribution is 2.31. The van der Waals surface area contributed by atoms with Crippen molar-refractivity contribution in [3.8, 4) is 28.7 Å². The summed E-state index contributed by atoms with van der Waals surface area (Å²) < 4.78 is 11.3. The maximum absolute atomic E-state index is 11.6. The number of phenols is 1. The van der Waals surface area contributed by atoms with Gasteiger partial charge in [-0.25, -0.2) is 9.40 Å². The molecule has 4 aromatic rings. The first-order valence-corrected chi connectivity index (χ1v) is 11.9. The highest BCUT2D eigenvalue weighted by atomic mass is 17.2. The van der Waals surface area contributed by atoms with E-state index in [0.717, 1.165) is 0 Å². The van der Waals surface area contributed by atoms with Gasteiger partial charge in [-0.15, -0.1) is 0 Å². The molecular formula is C28H30N4O8+2. The van der Waals surface area contributed by atoms with E-state index in [1.807, 2.05) is 0 Å². The SMILES string of the molecule is CN.CN.COOc1cccc2[o+]c3cccc(OOC)c3nc12.O=c1cccc2oc3cccc(O)c3[nH+]c1-2. The fourth-order valence-electron chi connectivity index (χ4n) is 3.63. The van der Waals surface area contributed by atoms with Crippen LogP contribution in [-0.2, 0) is 9.78 Å². The molecule has 0 saturated carbocycles. The Labute approximate surface area is 228 Å². The number of hydrogen-bond acceptors (Lipinski definition) is 10. The smallest absolute Gasteiger partial charge is 0.383 e. The van der Waals surface area contributed by atoms with E-state index in [9.17, 15) is 9.90 Å². The predicted octanol–water partition coefficient (Wildman–Crippen LogP) is 3.71. The van der Waals surface area contributed by atoms with Crippen molar-refractivity contribution in [1.29, 1.82) is 0 Å². The van der Waals surface area contributed by atoms with Crippen LogP contribution in [0.4, 0.5) is 0 Å². The summed E-state index contributed by atoms with van der Waals surface area (Å²) in [7, 11) is 5.85. The van der Waals surface area contributed by atoms with Crippen LogP contribution in [0.2, 0.25) is 0 Å². The molecule has 6 rings (SSSR count). The molecule has 208 valence electrons. The number of fused-ring (bicyclic) bond motifs is 4. The van der Waals surface area contributed by atoms with Crippen molar-refractivity contribution in [2.75, 3.05) is 28.3 Å². The van der Waals surface area contributed by atoms with E-state index in [2.05, 4.69) is 31.2 Å². The number of nitrogens with one attached hydrogen (secondary N) is 1. The van der Waals surface area contributed by atoms with Crippen molar-refractivity contribution in [3.05, 3.63) is 83.0 Å². The minimum atomic E-state index is -0.161.